The molecular formula is C22H21N3O5. The van der Waals surface area contributed by atoms with Crippen molar-refractivity contribution in [3.8, 4) is 11.8 Å². The number of nitrogens with zero attached hydrogens (tertiary/aromatic N) is 2. The number of esters is 1. The Kier molecular flexibility index (Phi) is 6.65. The maximum absolute atomic E-state index is 12.7. The maximum Gasteiger partial charge on any atom is 0.342 e. The van der Waals surface area contributed by atoms with Crippen LogP contribution in [0.2, 0.25) is 0 Å². The first-order valence-corrected chi connectivity index (χ1v) is 9.37. The van der Waals surface area contributed by atoms with E-state index in [1.165, 1.54) is 0 Å². The van der Waals surface area contributed by atoms with Crippen LogP contribution in [-0.4, -0.2) is 30.2 Å². The molecule has 0 spiro atoms. The zero-order chi connectivity index (χ0) is 21.5. The van der Waals surface area contributed by atoms with Crippen LogP contribution in [0.5, 0.6) is 5.75 Å². The lowest BCUT2D eigenvalue weighted by Crippen LogP contribution is -2.29. The molecule has 0 unspecified atom stereocenters. The van der Waals surface area contributed by atoms with Crippen molar-refractivity contribution in [2.45, 2.75) is 26.9 Å². The fourth-order valence-electron chi connectivity index (χ4n) is 2.87. The van der Waals surface area contributed by atoms with Gasteiger partial charge >= 0.3 is 5.97 Å². The van der Waals surface area contributed by atoms with Crippen molar-refractivity contribution in [1.29, 1.82) is 5.26 Å². The van der Waals surface area contributed by atoms with Gasteiger partial charge in [0, 0.05) is 6.54 Å². The van der Waals surface area contributed by atoms with Crippen LogP contribution in [0.4, 0.5) is 0 Å². The van der Waals surface area contributed by atoms with Gasteiger partial charge in [0.25, 0.3) is 5.91 Å². The third-order valence-electron chi connectivity index (χ3n) is 4.51. The van der Waals surface area contributed by atoms with Gasteiger partial charge in [0.1, 0.15) is 23.7 Å². The van der Waals surface area contributed by atoms with Crippen LogP contribution in [0.15, 0.2) is 40.9 Å². The Hall–Kier alpha value is -3.86. The summed E-state index contributed by atoms with van der Waals surface area (Å²) in [4.78, 5) is 24.4. The van der Waals surface area contributed by atoms with Crippen molar-refractivity contribution >= 4 is 22.6 Å². The Labute approximate surface area is 173 Å². The molecular weight excluding hydrogens is 386 g/mol. The van der Waals surface area contributed by atoms with E-state index in [9.17, 15) is 9.59 Å². The van der Waals surface area contributed by atoms with Gasteiger partial charge in [-0.15, -0.1) is 0 Å². The summed E-state index contributed by atoms with van der Waals surface area (Å²) >= 11 is 0. The second kappa shape index (κ2) is 9.56. The molecule has 2 aromatic carbocycles. The summed E-state index contributed by atoms with van der Waals surface area (Å²) in [5.41, 5.74) is 1.73. The Morgan fingerprint density at radius 3 is 2.60 bits per heavy atom. The maximum atomic E-state index is 12.7. The molecule has 0 aliphatic carbocycles. The Morgan fingerprint density at radius 2 is 1.93 bits per heavy atom. The van der Waals surface area contributed by atoms with E-state index in [2.05, 4.69) is 10.5 Å². The molecule has 0 atom stereocenters. The van der Waals surface area contributed by atoms with Crippen molar-refractivity contribution in [2.75, 3.05) is 13.2 Å². The number of nitrogens with one attached hydrogen (secondary N) is 1. The molecule has 8 heteroatoms. The second-order valence-electron chi connectivity index (χ2n) is 6.62. The third-order valence-corrected chi connectivity index (χ3v) is 4.51. The molecule has 1 heterocycles. The number of aromatic nitrogens is 1. The van der Waals surface area contributed by atoms with Gasteiger partial charge in [-0.3, -0.25) is 4.79 Å². The van der Waals surface area contributed by atoms with Gasteiger partial charge in [-0.2, -0.15) is 5.26 Å². The average Bonchev–Trinajstić information content (AvgIpc) is 3.07. The Bertz CT molecular complexity index is 1090. The highest BCUT2D eigenvalue weighted by Gasteiger charge is 2.18. The van der Waals surface area contributed by atoms with Gasteiger partial charge in [0.15, 0.2) is 6.61 Å². The smallest absolute Gasteiger partial charge is 0.342 e. The summed E-state index contributed by atoms with van der Waals surface area (Å²) in [5, 5.41) is 16.7. The van der Waals surface area contributed by atoms with Crippen molar-refractivity contribution in [3.05, 3.63) is 59.0 Å². The van der Waals surface area contributed by atoms with E-state index in [0.717, 1.165) is 16.3 Å². The van der Waals surface area contributed by atoms with Crippen LogP contribution in [-0.2, 0) is 16.1 Å². The molecule has 1 aromatic heterocycles. The summed E-state index contributed by atoms with van der Waals surface area (Å²) in [7, 11) is 0. The molecule has 0 aliphatic rings. The number of benzene rings is 2. The number of amides is 1. The summed E-state index contributed by atoms with van der Waals surface area (Å²) in [6.07, 6.45) is 0.185. The molecule has 0 saturated carbocycles. The topological polar surface area (TPSA) is 114 Å². The van der Waals surface area contributed by atoms with E-state index in [4.69, 9.17) is 19.3 Å². The highest BCUT2D eigenvalue weighted by Crippen LogP contribution is 2.28. The molecule has 0 aliphatic heterocycles. The first-order valence-electron chi connectivity index (χ1n) is 9.37. The monoisotopic (exact) mass is 407 g/mol. The quantitative estimate of drug-likeness (QED) is 0.450. The van der Waals surface area contributed by atoms with Gasteiger partial charge in [-0.25, -0.2) is 4.79 Å². The van der Waals surface area contributed by atoms with Crippen LogP contribution in [0.25, 0.3) is 10.8 Å². The largest absolute Gasteiger partial charge is 0.488 e. The van der Waals surface area contributed by atoms with Gasteiger partial charge < -0.3 is 19.3 Å². The molecule has 8 nitrogen and oxygen atoms in total. The highest BCUT2D eigenvalue weighted by molar-refractivity contribution is 5.99. The molecule has 1 amide bonds. The molecule has 0 radical (unpaired) electrons. The number of hydrogen-bond donors (Lipinski definition) is 1. The minimum absolute atomic E-state index is 0.175. The standard InChI is InChI=1S/C22H21N3O5/c1-14-19(15(2)30-25-14)12-28-20-11-17-7-4-3-6-16(17)10-18(20)22(27)29-13-21(26)24-9-5-8-23/h3-4,6-7,10-11H,5,9,12-13H2,1-2H3,(H,24,26). The molecule has 3 rings (SSSR count). The van der Waals surface area contributed by atoms with Gasteiger partial charge in [0.05, 0.1) is 23.7 Å². The van der Waals surface area contributed by atoms with Crippen molar-refractivity contribution in [2.24, 2.45) is 0 Å². The van der Waals surface area contributed by atoms with Crippen molar-refractivity contribution in [1.82, 2.24) is 10.5 Å². The van der Waals surface area contributed by atoms with E-state index in [-0.39, 0.29) is 25.1 Å². The number of ether oxygens (including phenoxy) is 2. The summed E-state index contributed by atoms with van der Waals surface area (Å²) in [6, 6.07) is 12.9. The summed E-state index contributed by atoms with van der Waals surface area (Å²) < 4.78 is 16.2. The molecule has 3 aromatic rings. The van der Waals surface area contributed by atoms with Gasteiger partial charge in [-0.1, -0.05) is 29.4 Å². The van der Waals surface area contributed by atoms with Crippen LogP contribution >= 0.6 is 0 Å². The number of carbonyl (C=O) groups is 2. The second-order valence-corrected chi connectivity index (χ2v) is 6.62. The lowest BCUT2D eigenvalue weighted by atomic mass is 10.1. The fourth-order valence-corrected chi connectivity index (χ4v) is 2.87. The summed E-state index contributed by atoms with van der Waals surface area (Å²) in [5.74, 6) is -0.169. The molecule has 0 fully saturated rings. The van der Waals surface area contributed by atoms with Crippen molar-refractivity contribution in [3.63, 3.8) is 0 Å². The lowest BCUT2D eigenvalue weighted by Gasteiger charge is -2.13. The number of carbonyl (C=O) groups excluding carboxylic acids is 2. The predicted molar refractivity (Wildman–Crippen MR) is 108 cm³/mol. The van der Waals surface area contributed by atoms with Gasteiger partial charge in [-0.05, 0) is 36.8 Å². The first kappa shape index (κ1) is 20.9. The van der Waals surface area contributed by atoms with Crippen LogP contribution < -0.4 is 10.1 Å². The molecule has 154 valence electrons. The lowest BCUT2D eigenvalue weighted by molar-refractivity contribution is -0.124. The van der Waals surface area contributed by atoms with E-state index < -0.39 is 18.5 Å². The normalized spacial score (nSPS) is 10.4. The Balaban J connectivity index is 1.79. The van der Waals surface area contributed by atoms with Crippen molar-refractivity contribution < 1.29 is 23.6 Å². The fraction of sp³-hybridized carbons (Fsp3) is 0.273. The summed E-state index contributed by atoms with van der Waals surface area (Å²) in [6.45, 7) is 3.54. The minimum Gasteiger partial charge on any atom is -0.488 e. The molecule has 1 N–H and O–H groups in total. The number of hydrogen-bond acceptors (Lipinski definition) is 7. The minimum atomic E-state index is -0.676. The SMILES string of the molecule is Cc1noc(C)c1COc1cc2ccccc2cc1C(=O)OCC(=O)NCCC#N. The number of nitriles is 1. The Morgan fingerprint density at radius 1 is 1.20 bits per heavy atom. The molecule has 0 saturated heterocycles. The molecule has 0 bridgehead atoms. The van der Waals surface area contributed by atoms with E-state index >= 15 is 0 Å². The van der Waals surface area contributed by atoms with E-state index in [1.807, 2.05) is 37.3 Å². The average molecular weight is 407 g/mol. The third kappa shape index (κ3) is 4.94. The number of fused-ring (bicyclic) bond motifs is 1. The van der Waals surface area contributed by atoms with Crippen LogP contribution in [0.1, 0.15) is 33.8 Å². The van der Waals surface area contributed by atoms with Crippen LogP contribution in [0.3, 0.4) is 0 Å². The number of rotatable bonds is 8. The highest BCUT2D eigenvalue weighted by atomic mass is 16.5. The first-order chi connectivity index (χ1) is 14.5. The zero-order valence-corrected chi connectivity index (χ0v) is 16.7. The number of aryl methyl sites for hydroxylation is 2. The van der Waals surface area contributed by atoms with E-state index in [1.54, 1.807) is 19.1 Å². The van der Waals surface area contributed by atoms with Crippen LogP contribution in [0, 0.1) is 25.2 Å². The predicted octanol–water partition coefficient (Wildman–Crippen LogP) is 3.21. The van der Waals surface area contributed by atoms with E-state index in [0.29, 0.717) is 17.2 Å². The van der Waals surface area contributed by atoms with Gasteiger partial charge in [0.2, 0.25) is 0 Å². The zero-order valence-electron chi connectivity index (χ0n) is 16.7. The molecule has 30 heavy (non-hydrogen) atoms.